The summed E-state index contributed by atoms with van der Waals surface area (Å²) in [6.07, 6.45) is 2.07. The predicted molar refractivity (Wildman–Crippen MR) is 77.8 cm³/mol. The highest BCUT2D eigenvalue weighted by Gasteiger charge is 2.20. The Morgan fingerprint density at radius 1 is 1.53 bits per heavy atom. The molecule has 1 heterocycles. The Kier molecular flexibility index (Phi) is 5.24. The van der Waals surface area contributed by atoms with E-state index in [1.807, 2.05) is 37.6 Å². The van der Waals surface area contributed by atoms with Crippen molar-refractivity contribution < 1.29 is 9.53 Å². The Hall–Kier alpha value is -1.04. The van der Waals surface area contributed by atoms with Crippen LogP contribution in [-0.4, -0.2) is 56.5 Å². The van der Waals surface area contributed by atoms with Crippen LogP contribution in [0, 0.1) is 0 Å². The van der Waals surface area contributed by atoms with Crippen LogP contribution in [-0.2, 0) is 4.74 Å². The SMILES string of the molecule is CSc1ccccc1C(=O)N(C)CC1CNCCO1. The lowest BCUT2D eigenvalue weighted by Gasteiger charge is -2.28. The molecule has 1 atom stereocenters. The topological polar surface area (TPSA) is 41.6 Å². The number of ether oxygens (including phenoxy) is 1. The monoisotopic (exact) mass is 280 g/mol. The zero-order chi connectivity index (χ0) is 13.7. The highest BCUT2D eigenvalue weighted by atomic mass is 32.2. The number of benzene rings is 1. The van der Waals surface area contributed by atoms with Crippen LogP contribution in [0.25, 0.3) is 0 Å². The van der Waals surface area contributed by atoms with E-state index in [4.69, 9.17) is 4.74 Å². The maximum atomic E-state index is 12.4. The van der Waals surface area contributed by atoms with Gasteiger partial charge >= 0.3 is 0 Å². The third-order valence-corrected chi connectivity index (χ3v) is 3.96. The molecule has 104 valence electrons. The molecule has 2 rings (SSSR count). The number of rotatable bonds is 4. The maximum Gasteiger partial charge on any atom is 0.254 e. The Labute approximate surface area is 118 Å². The molecule has 0 saturated carbocycles. The van der Waals surface area contributed by atoms with Gasteiger partial charge in [-0.05, 0) is 18.4 Å². The summed E-state index contributed by atoms with van der Waals surface area (Å²) in [5.41, 5.74) is 0.765. The van der Waals surface area contributed by atoms with E-state index in [0.717, 1.165) is 23.5 Å². The van der Waals surface area contributed by atoms with Crippen molar-refractivity contribution in [3.63, 3.8) is 0 Å². The maximum absolute atomic E-state index is 12.4. The molecule has 5 heteroatoms. The largest absolute Gasteiger partial charge is 0.374 e. The Morgan fingerprint density at radius 2 is 2.32 bits per heavy atom. The van der Waals surface area contributed by atoms with Crippen LogP contribution in [0.5, 0.6) is 0 Å². The second-order valence-electron chi connectivity index (χ2n) is 4.58. The molecule has 0 bridgehead atoms. The van der Waals surface area contributed by atoms with Gasteiger partial charge in [-0.1, -0.05) is 12.1 Å². The van der Waals surface area contributed by atoms with E-state index in [1.165, 1.54) is 0 Å². The van der Waals surface area contributed by atoms with Crippen LogP contribution in [0.4, 0.5) is 0 Å². The van der Waals surface area contributed by atoms with E-state index in [-0.39, 0.29) is 12.0 Å². The molecule has 4 nitrogen and oxygen atoms in total. The van der Waals surface area contributed by atoms with Crippen molar-refractivity contribution in [2.75, 3.05) is 39.5 Å². The fourth-order valence-corrected chi connectivity index (χ4v) is 2.74. The number of amides is 1. The summed E-state index contributed by atoms with van der Waals surface area (Å²) >= 11 is 1.60. The number of carbonyl (C=O) groups excluding carboxylic acids is 1. The van der Waals surface area contributed by atoms with Crippen LogP contribution in [0.2, 0.25) is 0 Å². The number of nitrogens with zero attached hydrogens (tertiary/aromatic N) is 1. The van der Waals surface area contributed by atoms with Gasteiger partial charge in [-0.2, -0.15) is 0 Å². The summed E-state index contributed by atoms with van der Waals surface area (Å²) in [6, 6.07) is 7.71. The fourth-order valence-electron chi connectivity index (χ4n) is 2.15. The molecule has 1 fully saturated rings. The van der Waals surface area contributed by atoms with Crippen molar-refractivity contribution in [2.24, 2.45) is 0 Å². The van der Waals surface area contributed by atoms with Gasteiger partial charge in [-0.3, -0.25) is 4.79 Å². The molecule has 0 radical (unpaired) electrons. The smallest absolute Gasteiger partial charge is 0.254 e. The zero-order valence-electron chi connectivity index (χ0n) is 11.4. The van der Waals surface area contributed by atoms with Crippen LogP contribution >= 0.6 is 11.8 Å². The molecular weight excluding hydrogens is 260 g/mol. The fraction of sp³-hybridized carbons (Fsp3) is 0.500. The van der Waals surface area contributed by atoms with Gasteiger partial charge in [0.25, 0.3) is 5.91 Å². The van der Waals surface area contributed by atoms with Crippen LogP contribution < -0.4 is 5.32 Å². The van der Waals surface area contributed by atoms with Gasteiger partial charge in [-0.15, -0.1) is 11.8 Å². The summed E-state index contributed by atoms with van der Waals surface area (Å²) in [4.78, 5) is 15.2. The second-order valence-corrected chi connectivity index (χ2v) is 5.43. The minimum absolute atomic E-state index is 0.0547. The van der Waals surface area contributed by atoms with Crippen molar-refractivity contribution in [1.29, 1.82) is 0 Å². The van der Waals surface area contributed by atoms with Crippen molar-refractivity contribution >= 4 is 17.7 Å². The summed E-state index contributed by atoms with van der Waals surface area (Å²) in [7, 11) is 1.83. The van der Waals surface area contributed by atoms with E-state index in [1.54, 1.807) is 16.7 Å². The van der Waals surface area contributed by atoms with E-state index < -0.39 is 0 Å². The molecule has 1 aliphatic heterocycles. The lowest BCUT2D eigenvalue weighted by molar-refractivity contribution is 0.0103. The summed E-state index contributed by atoms with van der Waals surface area (Å²) in [6.45, 7) is 3.04. The molecule has 1 aromatic rings. The molecule has 19 heavy (non-hydrogen) atoms. The first-order chi connectivity index (χ1) is 9.22. The molecular formula is C14H20N2O2S. The van der Waals surface area contributed by atoms with E-state index in [2.05, 4.69) is 5.32 Å². The molecule has 0 spiro atoms. The van der Waals surface area contributed by atoms with Crippen molar-refractivity contribution in [2.45, 2.75) is 11.0 Å². The standard InChI is InChI=1S/C14H20N2O2S/c1-16(10-11-9-15-7-8-18-11)14(17)12-5-3-4-6-13(12)19-2/h3-6,11,15H,7-10H2,1-2H3. The first kappa shape index (κ1) is 14.4. The number of morpholine rings is 1. The molecule has 1 N–H and O–H groups in total. The second kappa shape index (κ2) is 6.93. The van der Waals surface area contributed by atoms with Gasteiger partial charge in [0.05, 0.1) is 18.3 Å². The first-order valence-corrected chi connectivity index (χ1v) is 7.65. The number of hydrogen-bond acceptors (Lipinski definition) is 4. The Balaban J connectivity index is 2.01. The molecule has 1 amide bonds. The average Bonchev–Trinajstić information content (AvgIpc) is 2.47. The van der Waals surface area contributed by atoms with Crippen molar-refractivity contribution in [1.82, 2.24) is 10.2 Å². The van der Waals surface area contributed by atoms with E-state index in [0.29, 0.717) is 13.2 Å². The van der Waals surface area contributed by atoms with Gasteiger partial charge in [0.15, 0.2) is 0 Å². The van der Waals surface area contributed by atoms with Crippen molar-refractivity contribution in [3.05, 3.63) is 29.8 Å². The molecule has 0 aliphatic carbocycles. The summed E-state index contributed by atoms with van der Waals surface area (Å²) in [5, 5.41) is 3.27. The lowest BCUT2D eigenvalue weighted by atomic mass is 10.2. The zero-order valence-corrected chi connectivity index (χ0v) is 12.2. The molecule has 1 aliphatic rings. The van der Waals surface area contributed by atoms with Gasteiger partial charge < -0.3 is 15.0 Å². The summed E-state index contributed by atoms with van der Waals surface area (Å²) < 4.78 is 5.63. The third kappa shape index (κ3) is 3.72. The van der Waals surface area contributed by atoms with Crippen LogP contribution in [0.1, 0.15) is 10.4 Å². The quantitative estimate of drug-likeness (QED) is 0.848. The Morgan fingerprint density at radius 3 is 3.00 bits per heavy atom. The Bertz CT molecular complexity index is 433. The van der Waals surface area contributed by atoms with E-state index in [9.17, 15) is 4.79 Å². The summed E-state index contributed by atoms with van der Waals surface area (Å²) in [5.74, 6) is 0.0547. The highest BCUT2D eigenvalue weighted by Crippen LogP contribution is 2.21. The molecule has 1 aromatic carbocycles. The minimum Gasteiger partial charge on any atom is -0.374 e. The number of likely N-dealkylation sites (N-methyl/N-ethyl adjacent to an activating group) is 1. The van der Waals surface area contributed by atoms with Gasteiger partial charge in [0, 0.05) is 31.6 Å². The van der Waals surface area contributed by atoms with Gasteiger partial charge in [0.1, 0.15) is 0 Å². The van der Waals surface area contributed by atoms with Crippen LogP contribution in [0.3, 0.4) is 0 Å². The van der Waals surface area contributed by atoms with Crippen LogP contribution in [0.15, 0.2) is 29.2 Å². The lowest BCUT2D eigenvalue weighted by Crippen LogP contribution is -2.45. The number of thioether (sulfide) groups is 1. The highest BCUT2D eigenvalue weighted by molar-refractivity contribution is 7.98. The van der Waals surface area contributed by atoms with Crippen molar-refractivity contribution in [3.8, 4) is 0 Å². The normalized spacial score (nSPS) is 19.2. The van der Waals surface area contributed by atoms with Gasteiger partial charge in [0.2, 0.25) is 0 Å². The molecule has 0 aromatic heterocycles. The third-order valence-electron chi connectivity index (χ3n) is 3.17. The number of hydrogen-bond donors (Lipinski definition) is 1. The molecule has 1 unspecified atom stereocenters. The van der Waals surface area contributed by atoms with Gasteiger partial charge in [-0.25, -0.2) is 0 Å². The predicted octanol–water partition coefficient (Wildman–Crippen LogP) is 1.47. The average molecular weight is 280 g/mol. The minimum atomic E-state index is 0.0547. The van der Waals surface area contributed by atoms with E-state index >= 15 is 0 Å². The first-order valence-electron chi connectivity index (χ1n) is 6.43. The number of carbonyl (C=O) groups is 1. The molecule has 1 saturated heterocycles. The number of nitrogens with one attached hydrogen (secondary N) is 1.